The maximum atomic E-state index is 5.91. The van der Waals surface area contributed by atoms with E-state index in [0.29, 0.717) is 13.2 Å². The second-order valence-electron chi connectivity index (χ2n) is 3.73. The summed E-state index contributed by atoms with van der Waals surface area (Å²) in [7, 11) is 0. The Labute approximate surface area is 106 Å². The van der Waals surface area contributed by atoms with Gasteiger partial charge in [0.25, 0.3) is 0 Å². The Morgan fingerprint density at radius 1 is 1.06 bits per heavy atom. The van der Waals surface area contributed by atoms with Gasteiger partial charge in [0.05, 0.1) is 0 Å². The van der Waals surface area contributed by atoms with Gasteiger partial charge in [0.1, 0.15) is 12.4 Å². The van der Waals surface area contributed by atoms with Crippen LogP contribution in [0.25, 0.3) is 0 Å². The molecule has 0 aliphatic heterocycles. The zero-order valence-electron chi connectivity index (χ0n) is 9.40. The standard InChI is InChI=1S/C14H14ClNO/c15-13-6-3-4-11(8-13)10-17-14-7-2-1-5-12(14)9-16/h1-8H,9-10,16H2. The Balaban J connectivity index is 2.07. The molecule has 2 aromatic rings. The molecule has 0 spiro atoms. The van der Waals surface area contributed by atoms with Crippen molar-refractivity contribution in [3.8, 4) is 5.75 Å². The molecule has 88 valence electrons. The summed E-state index contributed by atoms with van der Waals surface area (Å²) in [6, 6.07) is 15.4. The monoisotopic (exact) mass is 247 g/mol. The number of hydrogen-bond donors (Lipinski definition) is 1. The van der Waals surface area contributed by atoms with E-state index in [1.807, 2.05) is 48.5 Å². The van der Waals surface area contributed by atoms with Crippen LogP contribution in [0.15, 0.2) is 48.5 Å². The number of benzene rings is 2. The molecule has 0 bridgehead atoms. The summed E-state index contributed by atoms with van der Waals surface area (Å²) in [6.45, 7) is 0.975. The molecular formula is C14H14ClNO. The van der Waals surface area contributed by atoms with Crippen molar-refractivity contribution in [1.29, 1.82) is 0 Å². The predicted molar refractivity (Wildman–Crippen MR) is 70.1 cm³/mol. The van der Waals surface area contributed by atoms with Crippen LogP contribution in [0.4, 0.5) is 0 Å². The average molecular weight is 248 g/mol. The molecule has 0 heterocycles. The lowest BCUT2D eigenvalue weighted by Gasteiger charge is -2.10. The summed E-state index contributed by atoms with van der Waals surface area (Å²) in [4.78, 5) is 0. The summed E-state index contributed by atoms with van der Waals surface area (Å²) in [5.41, 5.74) is 7.70. The maximum absolute atomic E-state index is 5.91. The van der Waals surface area contributed by atoms with Crippen molar-refractivity contribution in [2.75, 3.05) is 0 Å². The fraction of sp³-hybridized carbons (Fsp3) is 0.143. The molecule has 2 rings (SSSR count). The van der Waals surface area contributed by atoms with Crippen molar-refractivity contribution in [3.63, 3.8) is 0 Å². The van der Waals surface area contributed by atoms with Gasteiger partial charge < -0.3 is 10.5 Å². The highest BCUT2D eigenvalue weighted by Gasteiger charge is 2.01. The van der Waals surface area contributed by atoms with Crippen LogP contribution in [0.1, 0.15) is 11.1 Å². The number of nitrogens with two attached hydrogens (primary N) is 1. The highest BCUT2D eigenvalue weighted by atomic mass is 35.5. The second kappa shape index (κ2) is 5.71. The molecule has 0 atom stereocenters. The van der Waals surface area contributed by atoms with Gasteiger partial charge in [-0.25, -0.2) is 0 Å². The topological polar surface area (TPSA) is 35.2 Å². The van der Waals surface area contributed by atoms with Gasteiger partial charge in [-0.05, 0) is 23.8 Å². The summed E-state index contributed by atoms with van der Waals surface area (Å²) in [5, 5.41) is 0.721. The molecule has 0 saturated heterocycles. The van der Waals surface area contributed by atoms with Gasteiger partial charge in [0.2, 0.25) is 0 Å². The maximum Gasteiger partial charge on any atom is 0.124 e. The van der Waals surface area contributed by atoms with Crippen molar-refractivity contribution < 1.29 is 4.74 Å². The van der Waals surface area contributed by atoms with Gasteiger partial charge in [-0.2, -0.15) is 0 Å². The lowest BCUT2D eigenvalue weighted by Crippen LogP contribution is -2.02. The molecule has 0 saturated carbocycles. The van der Waals surface area contributed by atoms with Crippen molar-refractivity contribution >= 4 is 11.6 Å². The average Bonchev–Trinajstić information content (AvgIpc) is 2.37. The minimum atomic E-state index is 0.478. The van der Waals surface area contributed by atoms with Crippen LogP contribution in [0.3, 0.4) is 0 Å². The molecule has 0 aliphatic rings. The summed E-state index contributed by atoms with van der Waals surface area (Å²) in [6.07, 6.45) is 0. The summed E-state index contributed by atoms with van der Waals surface area (Å²) >= 11 is 5.91. The molecule has 0 fully saturated rings. The second-order valence-corrected chi connectivity index (χ2v) is 4.17. The molecule has 17 heavy (non-hydrogen) atoms. The molecule has 2 nitrogen and oxygen atoms in total. The van der Waals surface area contributed by atoms with E-state index in [0.717, 1.165) is 21.9 Å². The summed E-state index contributed by atoms with van der Waals surface area (Å²) in [5.74, 6) is 0.829. The van der Waals surface area contributed by atoms with E-state index < -0.39 is 0 Å². The van der Waals surface area contributed by atoms with E-state index >= 15 is 0 Å². The van der Waals surface area contributed by atoms with Crippen molar-refractivity contribution in [2.45, 2.75) is 13.2 Å². The largest absolute Gasteiger partial charge is 0.489 e. The first-order chi connectivity index (χ1) is 8.29. The van der Waals surface area contributed by atoms with Crippen LogP contribution >= 0.6 is 11.6 Å². The minimum Gasteiger partial charge on any atom is -0.489 e. The van der Waals surface area contributed by atoms with E-state index in [2.05, 4.69) is 0 Å². The Morgan fingerprint density at radius 2 is 1.88 bits per heavy atom. The number of para-hydroxylation sites is 1. The summed E-state index contributed by atoms with van der Waals surface area (Å²) < 4.78 is 5.73. The highest BCUT2D eigenvalue weighted by molar-refractivity contribution is 6.30. The molecule has 0 aliphatic carbocycles. The Bertz CT molecular complexity index is 499. The molecule has 3 heteroatoms. The Hall–Kier alpha value is -1.51. The highest BCUT2D eigenvalue weighted by Crippen LogP contribution is 2.19. The third kappa shape index (κ3) is 3.22. The SMILES string of the molecule is NCc1ccccc1OCc1cccc(Cl)c1. The zero-order valence-corrected chi connectivity index (χ0v) is 10.2. The van der Waals surface area contributed by atoms with E-state index in [4.69, 9.17) is 22.1 Å². The number of rotatable bonds is 4. The van der Waals surface area contributed by atoms with Crippen LogP contribution in [0.2, 0.25) is 5.02 Å². The van der Waals surface area contributed by atoms with E-state index in [1.54, 1.807) is 0 Å². The number of ether oxygens (including phenoxy) is 1. The van der Waals surface area contributed by atoms with Crippen LogP contribution in [0.5, 0.6) is 5.75 Å². The Morgan fingerprint density at radius 3 is 2.65 bits per heavy atom. The van der Waals surface area contributed by atoms with Crippen LogP contribution in [0, 0.1) is 0 Å². The molecule has 2 aromatic carbocycles. The predicted octanol–water partition coefficient (Wildman–Crippen LogP) is 3.38. The number of halogens is 1. The molecule has 0 radical (unpaired) electrons. The number of hydrogen-bond acceptors (Lipinski definition) is 2. The van der Waals surface area contributed by atoms with Crippen molar-refractivity contribution in [3.05, 3.63) is 64.7 Å². The van der Waals surface area contributed by atoms with E-state index in [9.17, 15) is 0 Å². The first-order valence-corrected chi connectivity index (χ1v) is 5.82. The normalized spacial score (nSPS) is 10.2. The first kappa shape index (κ1) is 12.0. The van der Waals surface area contributed by atoms with Gasteiger partial charge >= 0.3 is 0 Å². The fourth-order valence-corrected chi connectivity index (χ4v) is 1.81. The fourth-order valence-electron chi connectivity index (χ4n) is 1.60. The van der Waals surface area contributed by atoms with Crippen LogP contribution in [-0.2, 0) is 13.2 Å². The quantitative estimate of drug-likeness (QED) is 0.899. The molecule has 0 unspecified atom stereocenters. The molecule has 0 amide bonds. The smallest absolute Gasteiger partial charge is 0.124 e. The zero-order chi connectivity index (χ0) is 12.1. The Kier molecular flexibility index (Phi) is 4.02. The van der Waals surface area contributed by atoms with Crippen molar-refractivity contribution in [1.82, 2.24) is 0 Å². The van der Waals surface area contributed by atoms with Crippen molar-refractivity contribution in [2.24, 2.45) is 5.73 Å². The van der Waals surface area contributed by atoms with Crippen LogP contribution < -0.4 is 10.5 Å². The van der Waals surface area contributed by atoms with Gasteiger partial charge in [0, 0.05) is 17.1 Å². The van der Waals surface area contributed by atoms with E-state index in [1.165, 1.54) is 0 Å². The first-order valence-electron chi connectivity index (χ1n) is 5.45. The molecule has 0 aromatic heterocycles. The third-order valence-corrected chi connectivity index (χ3v) is 2.71. The van der Waals surface area contributed by atoms with Gasteiger partial charge in [-0.3, -0.25) is 0 Å². The lowest BCUT2D eigenvalue weighted by molar-refractivity contribution is 0.303. The minimum absolute atomic E-state index is 0.478. The lowest BCUT2D eigenvalue weighted by atomic mass is 10.2. The van der Waals surface area contributed by atoms with Gasteiger partial charge in [-0.1, -0.05) is 41.9 Å². The van der Waals surface area contributed by atoms with E-state index in [-0.39, 0.29) is 0 Å². The van der Waals surface area contributed by atoms with Gasteiger partial charge in [0.15, 0.2) is 0 Å². The van der Waals surface area contributed by atoms with Crippen LogP contribution in [-0.4, -0.2) is 0 Å². The van der Waals surface area contributed by atoms with Gasteiger partial charge in [-0.15, -0.1) is 0 Å². The third-order valence-electron chi connectivity index (χ3n) is 2.48. The molecular weight excluding hydrogens is 234 g/mol. The molecule has 2 N–H and O–H groups in total.